The molecular weight excluding hydrogens is 312 g/mol. The van der Waals surface area contributed by atoms with Gasteiger partial charge in [-0.1, -0.05) is 15.9 Å². The number of hydrogen-bond donors (Lipinski definition) is 0. The van der Waals surface area contributed by atoms with Gasteiger partial charge in [-0.2, -0.15) is 0 Å². The number of fused-ring (bicyclic) bond motifs is 1. The molecular formula is C10H12BrF2N3S. The largest absolute Gasteiger partial charge is 0.297 e. The van der Waals surface area contributed by atoms with E-state index in [-0.39, 0.29) is 6.54 Å². The van der Waals surface area contributed by atoms with E-state index in [1.165, 1.54) is 11.3 Å². The highest BCUT2D eigenvalue weighted by Gasteiger charge is 2.13. The van der Waals surface area contributed by atoms with Crippen molar-refractivity contribution < 1.29 is 8.78 Å². The van der Waals surface area contributed by atoms with Gasteiger partial charge in [-0.15, -0.1) is 11.3 Å². The lowest BCUT2D eigenvalue weighted by molar-refractivity contribution is 0.0876. The minimum atomic E-state index is -2.31. The van der Waals surface area contributed by atoms with Crippen LogP contribution in [-0.2, 0) is 6.54 Å². The number of imidazole rings is 1. The number of nitrogens with zero attached hydrogens (tertiary/aromatic N) is 3. The maximum atomic E-state index is 12.4. The molecule has 3 nitrogen and oxygen atoms in total. The summed E-state index contributed by atoms with van der Waals surface area (Å²) in [5.74, 6) is 0. The molecule has 0 saturated carbocycles. The van der Waals surface area contributed by atoms with Gasteiger partial charge >= 0.3 is 0 Å². The molecule has 0 radical (unpaired) electrons. The minimum absolute atomic E-state index is 0.212. The van der Waals surface area contributed by atoms with Crippen molar-refractivity contribution >= 4 is 32.2 Å². The Morgan fingerprint density at radius 1 is 1.53 bits per heavy atom. The number of thiazole rings is 1. The van der Waals surface area contributed by atoms with E-state index in [0.717, 1.165) is 10.7 Å². The zero-order valence-electron chi connectivity index (χ0n) is 9.02. The highest BCUT2D eigenvalue weighted by molar-refractivity contribution is 9.09. The fraction of sp³-hybridized carbons (Fsp3) is 0.500. The van der Waals surface area contributed by atoms with Crippen LogP contribution in [0.1, 0.15) is 5.69 Å². The minimum Gasteiger partial charge on any atom is -0.297 e. The lowest BCUT2D eigenvalue weighted by atomic mass is 10.4. The molecule has 0 atom stereocenters. The summed E-state index contributed by atoms with van der Waals surface area (Å²) in [5, 5.41) is 2.63. The fourth-order valence-corrected chi connectivity index (χ4v) is 2.85. The van der Waals surface area contributed by atoms with Gasteiger partial charge in [0.25, 0.3) is 6.43 Å². The summed E-state index contributed by atoms with van der Waals surface area (Å²) in [7, 11) is 0. The van der Waals surface area contributed by atoms with Gasteiger partial charge in [0.15, 0.2) is 4.96 Å². The Labute approximate surface area is 110 Å². The molecule has 2 aromatic heterocycles. The topological polar surface area (TPSA) is 20.5 Å². The van der Waals surface area contributed by atoms with E-state index in [1.807, 2.05) is 22.2 Å². The van der Waals surface area contributed by atoms with Gasteiger partial charge in [0, 0.05) is 36.2 Å². The SMILES string of the molecule is FC(F)CN(CCBr)Cc1cn2ccsc2n1. The Hall–Kier alpha value is -0.530. The predicted molar refractivity (Wildman–Crippen MR) is 68.1 cm³/mol. The molecule has 0 bridgehead atoms. The highest BCUT2D eigenvalue weighted by atomic mass is 79.9. The van der Waals surface area contributed by atoms with Crippen molar-refractivity contribution in [3.05, 3.63) is 23.5 Å². The van der Waals surface area contributed by atoms with E-state index in [0.29, 0.717) is 18.4 Å². The molecule has 0 N–H and O–H groups in total. The van der Waals surface area contributed by atoms with Crippen LogP contribution in [0.2, 0.25) is 0 Å². The van der Waals surface area contributed by atoms with E-state index in [1.54, 1.807) is 4.90 Å². The summed E-state index contributed by atoms with van der Waals surface area (Å²) in [5.41, 5.74) is 0.832. The first-order chi connectivity index (χ1) is 8.19. The van der Waals surface area contributed by atoms with Crippen LogP contribution in [-0.4, -0.2) is 39.1 Å². The summed E-state index contributed by atoms with van der Waals surface area (Å²) >= 11 is 4.81. The summed E-state index contributed by atoms with van der Waals surface area (Å²) < 4.78 is 26.7. The molecule has 0 unspecified atom stereocenters. The molecule has 2 aromatic rings. The van der Waals surface area contributed by atoms with Crippen molar-refractivity contribution in [1.29, 1.82) is 0 Å². The zero-order valence-corrected chi connectivity index (χ0v) is 11.4. The molecule has 0 saturated heterocycles. The summed E-state index contributed by atoms with van der Waals surface area (Å²) in [6, 6.07) is 0. The van der Waals surface area contributed by atoms with E-state index in [4.69, 9.17) is 0 Å². The summed E-state index contributed by atoms with van der Waals surface area (Å²) in [4.78, 5) is 6.98. The van der Waals surface area contributed by atoms with Crippen molar-refractivity contribution in [3.8, 4) is 0 Å². The van der Waals surface area contributed by atoms with Gasteiger partial charge < -0.3 is 0 Å². The predicted octanol–water partition coefficient (Wildman–Crippen LogP) is 2.86. The third-order valence-corrected chi connectivity index (χ3v) is 3.45. The van der Waals surface area contributed by atoms with Crippen LogP contribution >= 0.6 is 27.3 Å². The number of aromatic nitrogens is 2. The zero-order chi connectivity index (χ0) is 12.3. The highest BCUT2D eigenvalue weighted by Crippen LogP contribution is 2.13. The van der Waals surface area contributed by atoms with Gasteiger partial charge in [-0.25, -0.2) is 13.8 Å². The van der Waals surface area contributed by atoms with Crippen molar-refractivity contribution in [3.63, 3.8) is 0 Å². The molecule has 2 heterocycles. The standard InChI is InChI=1S/C10H12BrF2N3S/c11-1-2-15(7-9(12)13)5-8-6-16-3-4-17-10(16)14-8/h3-4,6,9H,1-2,5,7H2. The first kappa shape index (κ1) is 12.9. The number of hydrogen-bond acceptors (Lipinski definition) is 3. The molecule has 17 heavy (non-hydrogen) atoms. The average Bonchev–Trinajstić information content (AvgIpc) is 2.76. The maximum Gasteiger partial charge on any atom is 0.251 e. The maximum absolute atomic E-state index is 12.4. The van der Waals surface area contributed by atoms with Gasteiger partial charge in [-0.05, 0) is 0 Å². The van der Waals surface area contributed by atoms with Gasteiger partial charge in [0.1, 0.15) is 0 Å². The first-order valence-electron chi connectivity index (χ1n) is 5.16. The first-order valence-corrected chi connectivity index (χ1v) is 7.16. The number of halogens is 3. The molecule has 0 amide bonds. The van der Waals surface area contributed by atoms with Crippen LogP contribution in [0.3, 0.4) is 0 Å². The molecule has 0 aromatic carbocycles. The monoisotopic (exact) mass is 323 g/mol. The summed E-state index contributed by atoms with van der Waals surface area (Å²) in [6.45, 7) is 0.844. The number of rotatable bonds is 6. The molecule has 0 spiro atoms. The average molecular weight is 324 g/mol. The van der Waals surface area contributed by atoms with Crippen LogP contribution in [0.4, 0.5) is 8.78 Å². The number of alkyl halides is 3. The van der Waals surface area contributed by atoms with E-state index >= 15 is 0 Å². The fourth-order valence-electron chi connectivity index (χ4n) is 1.63. The van der Waals surface area contributed by atoms with Gasteiger partial charge in [-0.3, -0.25) is 9.30 Å². The second-order valence-electron chi connectivity index (χ2n) is 3.64. The van der Waals surface area contributed by atoms with Crippen molar-refractivity contribution in [2.45, 2.75) is 13.0 Å². The van der Waals surface area contributed by atoms with Crippen LogP contribution in [0, 0.1) is 0 Å². The third-order valence-electron chi connectivity index (χ3n) is 2.33. The molecule has 0 aliphatic rings. The van der Waals surface area contributed by atoms with Crippen LogP contribution in [0.15, 0.2) is 17.8 Å². The molecule has 2 rings (SSSR count). The quantitative estimate of drug-likeness (QED) is 0.762. The van der Waals surface area contributed by atoms with Gasteiger partial charge in [0.05, 0.1) is 12.2 Å². The lowest BCUT2D eigenvalue weighted by Gasteiger charge is -2.19. The third kappa shape index (κ3) is 3.46. The van der Waals surface area contributed by atoms with Crippen molar-refractivity contribution in [2.24, 2.45) is 0 Å². The Bertz CT molecular complexity index is 442. The Balaban J connectivity index is 2.03. The van der Waals surface area contributed by atoms with Crippen molar-refractivity contribution in [2.75, 3.05) is 18.4 Å². The van der Waals surface area contributed by atoms with E-state index in [9.17, 15) is 8.78 Å². The van der Waals surface area contributed by atoms with Crippen LogP contribution in [0.25, 0.3) is 4.96 Å². The van der Waals surface area contributed by atoms with Crippen LogP contribution in [0.5, 0.6) is 0 Å². The van der Waals surface area contributed by atoms with Crippen LogP contribution < -0.4 is 0 Å². The van der Waals surface area contributed by atoms with E-state index < -0.39 is 6.43 Å². The Morgan fingerprint density at radius 3 is 3.00 bits per heavy atom. The Kier molecular flexibility index (Phi) is 4.47. The molecule has 7 heteroatoms. The normalized spacial score (nSPS) is 12.1. The Morgan fingerprint density at radius 2 is 2.35 bits per heavy atom. The molecule has 94 valence electrons. The molecule has 0 aliphatic heterocycles. The van der Waals surface area contributed by atoms with Gasteiger partial charge in [0.2, 0.25) is 0 Å². The lowest BCUT2D eigenvalue weighted by Crippen LogP contribution is -2.30. The second kappa shape index (κ2) is 5.88. The van der Waals surface area contributed by atoms with Crippen molar-refractivity contribution in [1.82, 2.24) is 14.3 Å². The smallest absolute Gasteiger partial charge is 0.251 e. The van der Waals surface area contributed by atoms with E-state index in [2.05, 4.69) is 20.9 Å². The second-order valence-corrected chi connectivity index (χ2v) is 5.31. The summed E-state index contributed by atoms with van der Waals surface area (Å²) in [6.07, 6.45) is 1.49. The molecule has 0 fully saturated rings. The molecule has 0 aliphatic carbocycles.